The molecule has 88 valence electrons. The van der Waals surface area contributed by atoms with Crippen LogP contribution in [-0.2, 0) is 6.42 Å². The molecule has 0 fully saturated rings. The monoisotopic (exact) mass is 234 g/mol. The van der Waals surface area contributed by atoms with E-state index in [4.69, 9.17) is 5.11 Å². The molecule has 7 heteroatoms. The highest BCUT2D eigenvalue weighted by Crippen LogP contribution is 2.43. The van der Waals surface area contributed by atoms with E-state index in [0.29, 0.717) is 18.5 Å². The fourth-order valence-corrected chi connectivity index (χ4v) is 2.07. The first-order chi connectivity index (χ1) is 7.41. The van der Waals surface area contributed by atoms with Crippen molar-refractivity contribution >= 4 is 5.97 Å². The summed E-state index contributed by atoms with van der Waals surface area (Å²) in [5.74, 6) is -3.13. The first kappa shape index (κ1) is 11.0. The summed E-state index contributed by atoms with van der Waals surface area (Å²) in [5.41, 5.74) is -0.394. The van der Waals surface area contributed by atoms with Gasteiger partial charge in [0.15, 0.2) is 5.69 Å². The summed E-state index contributed by atoms with van der Waals surface area (Å²) in [6.07, 6.45) is -3.68. The average Bonchev–Trinajstić information content (AvgIpc) is 2.58. The number of H-pyrrole nitrogens is 1. The van der Waals surface area contributed by atoms with Gasteiger partial charge in [-0.2, -0.15) is 18.3 Å². The molecule has 0 radical (unpaired) electrons. The van der Waals surface area contributed by atoms with Crippen LogP contribution in [0.4, 0.5) is 13.2 Å². The van der Waals surface area contributed by atoms with Gasteiger partial charge in [0.05, 0.1) is 5.92 Å². The van der Waals surface area contributed by atoms with Gasteiger partial charge in [-0.05, 0) is 19.3 Å². The molecular weight excluding hydrogens is 225 g/mol. The number of nitrogens with one attached hydrogen (secondary N) is 1. The minimum absolute atomic E-state index is 0.0731. The summed E-state index contributed by atoms with van der Waals surface area (Å²) in [7, 11) is 0. The first-order valence-electron chi connectivity index (χ1n) is 4.78. The number of nitrogens with zero attached hydrogens (tertiary/aromatic N) is 1. The van der Waals surface area contributed by atoms with Gasteiger partial charge in [-0.1, -0.05) is 0 Å². The number of rotatable bonds is 1. The topological polar surface area (TPSA) is 66.0 Å². The fourth-order valence-electron chi connectivity index (χ4n) is 2.07. The van der Waals surface area contributed by atoms with E-state index in [2.05, 4.69) is 10.2 Å². The minimum Gasteiger partial charge on any atom is -0.476 e. The SMILES string of the molecule is O=C(O)c1n[nH]c2c1C(C(F)(F)F)CCC2. The average molecular weight is 234 g/mol. The number of carboxylic acids is 1. The van der Waals surface area contributed by atoms with E-state index in [1.807, 2.05) is 0 Å². The zero-order valence-electron chi connectivity index (χ0n) is 8.14. The summed E-state index contributed by atoms with van der Waals surface area (Å²) in [5, 5.41) is 14.6. The highest BCUT2D eigenvalue weighted by molar-refractivity contribution is 5.87. The van der Waals surface area contributed by atoms with Gasteiger partial charge in [-0.15, -0.1) is 0 Å². The molecule has 1 aromatic heterocycles. The lowest BCUT2D eigenvalue weighted by Gasteiger charge is -2.24. The lowest BCUT2D eigenvalue weighted by molar-refractivity contribution is -0.153. The third kappa shape index (κ3) is 1.66. The maximum absolute atomic E-state index is 12.7. The number of aromatic carboxylic acids is 1. The van der Waals surface area contributed by atoms with E-state index in [9.17, 15) is 18.0 Å². The van der Waals surface area contributed by atoms with Crippen LogP contribution in [0.2, 0.25) is 0 Å². The van der Waals surface area contributed by atoms with Crippen LogP contribution in [0.3, 0.4) is 0 Å². The number of aryl methyl sites for hydroxylation is 1. The summed E-state index contributed by atoms with van der Waals surface area (Å²) >= 11 is 0. The third-order valence-corrected chi connectivity index (χ3v) is 2.75. The highest BCUT2D eigenvalue weighted by atomic mass is 19.4. The van der Waals surface area contributed by atoms with Crippen LogP contribution < -0.4 is 0 Å². The molecule has 1 aliphatic carbocycles. The maximum atomic E-state index is 12.7. The molecule has 0 saturated carbocycles. The van der Waals surface area contributed by atoms with Gasteiger partial charge in [0, 0.05) is 11.3 Å². The molecule has 1 aromatic rings. The van der Waals surface area contributed by atoms with Crippen molar-refractivity contribution in [3.8, 4) is 0 Å². The van der Waals surface area contributed by atoms with Gasteiger partial charge in [0.1, 0.15) is 0 Å². The first-order valence-corrected chi connectivity index (χ1v) is 4.78. The number of carboxylic acid groups (broad SMARTS) is 1. The molecular formula is C9H9F3N2O2. The lowest BCUT2D eigenvalue weighted by atomic mass is 9.85. The maximum Gasteiger partial charge on any atom is 0.395 e. The largest absolute Gasteiger partial charge is 0.476 e. The second kappa shape index (κ2) is 3.50. The number of alkyl halides is 3. The van der Waals surface area contributed by atoms with Gasteiger partial charge in [-0.25, -0.2) is 4.79 Å². The summed E-state index contributed by atoms with van der Waals surface area (Å²) in [6.45, 7) is 0. The Bertz CT molecular complexity index is 425. The van der Waals surface area contributed by atoms with Crippen LogP contribution in [-0.4, -0.2) is 27.4 Å². The Morgan fingerprint density at radius 1 is 1.50 bits per heavy atom. The Kier molecular flexibility index (Phi) is 2.40. The van der Waals surface area contributed by atoms with Crippen molar-refractivity contribution in [2.24, 2.45) is 0 Å². The number of hydrogen-bond donors (Lipinski definition) is 2. The van der Waals surface area contributed by atoms with Crippen LogP contribution in [0, 0.1) is 0 Å². The Balaban J connectivity index is 2.51. The fraction of sp³-hybridized carbons (Fsp3) is 0.556. The molecule has 0 aliphatic heterocycles. The molecule has 1 atom stereocenters. The number of hydrogen-bond acceptors (Lipinski definition) is 2. The smallest absolute Gasteiger partial charge is 0.395 e. The predicted molar refractivity (Wildman–Crippen MR) is 47.3 cm³/mol. The van der Waals surface area contributed by atoms with Crippen molar-refractivity contribution in [2.45, 2.75) is 31.4 Å². The van der Waals surface area contributed by atoms with Crippen molar-refractivity contribution in [3.05, 3.63) is 17.0 Å². The van der Waals surface area contributed by atoms with E-state index >= 15 is 0 Å². The quantitative estimate of drug-likeness (QED) is 0.781. The van der Waals surface area contributed by atoms with Crippen molar-refractivity contribution in [2.75, 3.05) is 0 Å². The van der Waals surface area contributed by atoms with Crippen LogP contribution in [0.15, 0.2) is 0 Å². The Hall–Kier alpha value is -1.53. The molecule has 1 aliphatic rings. The molecule has 2 N–H and O–H groups in total. The summed E-state index contributed by atoms with van der Waals surface area (Å²) in [4.78, 5) is 10.8. The second-order valence-electron chi connectivity index (χ2n) is 3.76. The lowest BCUT2D eigenvalue weighted by Crippen LogP contribution is -2.26. The van der Waals surface area contributed by atoms with Crippen LogP contribution in [0.25, 0.3) is 0 Å². The number of carbonyl (C=O) groups is 1. The molecule has 0 aromatic carbocycles. The van der Waals surface area contributed by atoms with E-state index in [0.717, 1.165) is 0 Å². The molecule has 0 saturated heterocycles. The van der Waals surface area contributed by atoms with Crippen LogP contribution in [0.5, 0.6) is 0 Å². The molecule has 2 rings (SSSR count). The van der Waals surface area contributed by atoms with Gasteiger partial charge in [-0.3, -0.25) is 5.10 Å². The predicted octanol–water partition coefficient (Wildman–Crippen LogP) is 2.09. The van der Waals surface area contributed by atoms with E-state index in [-0.39, 0.29) is 12.0 Å². The summed E-state index contributed by atoms with van der Waals surface area (Å²) < 4.78 is 38.1. The Morgan fingerprint density at radius 3 is 2.75 bits per heavy atom. The molecule has 0 amide bonds. The minimum atomic E-state index is -4.41. The molecule has 0 bridgehead atoms. The highest BCUT2D eigenvalue weighted by Gasteiger charge is 2.45. The van der Waals surface area contributed by atoms with Gasteiger partial charge in [0.2, 0.25) is 0 Å². The van der Waals surface area contributed by atoms with Gasteiger partial charge in [0.25, 0.3) is 0 Å². The number of halogens is 3. The molecule has 1 unspecified atom stereocenters. The standard InChI is InChI=1S/C9H9F3N2O2/c10-9(11,12)4-2-1-3-5-6(4)7(8(15)16)14-13-5/h4H,1-3H2,(H,13,14)(H,15,16). The van der Waals surface area contributed by atoms with Crippen molar-refractivity contribution in [1.82, 2.24) is 10.2 Å². The molecule has 16 heavy (non-hydrogen) atoms. The van der Waals surface area contributed by atoms with Crippen LogP contribution in [0.1, 0.15) is 40.5 Å². The number of aromatic amines is 1. The van der Waals surface area contributed by atoms with Gasteiger partial charge >= 0.3 is 12.1 Å². The van der Waals surface area contributed by atoms with E-state index in [1.165, 1.54) is 0 Å². The third-order valence-electron chi connectivity index (χ3n) is 2.75. The molecule has 0 spiro atoms. The second-order valence-corrected chi connectivity index (χ2v) is 3.76. The van der Waals surface area contributed by atoms with Crippen molar-refractivity contribution < 1.29 is 23.1 Å². The van der Waals surface area contributed by atoms with Gasteiger partial charge < -0.3 is 5.11 Å². The van der Waals surface area contributed by atoms with Crippen molar-refractivity contribution in [1.29, 1.82) is 0 Å². The Labute approximate surface area is 88.5 Å². The summed E-state index contributed by atoms with van der Waals surface area (Å²) in [6, 6.07) is 0. The van der Waals surface area contributed by atoms with Crippen molar-refractivity contribution in [3.63, 3.8) is 0 Å². The number of aromatic nitrogens is 2. The van der Waals surface area contributed by atoms with E-state index < -0.39 is 23.8 Å². The zero-order chi connectivity index (χ0) is 11.9. The molecule has 4 nitrogen and oxygen atoms in total. The number of fused-ring (bicyclic) bond motifs is 1. The van der Waals surface area contributed by atoms with Crippen LogP contribution >= 0.6 is 0 Å². The Morgan fingerprint density at radius 2 is 2.19 bits per heavy atom. The molecule has 1 heterocycles. The van der Waals surface area contributed by atoms with E-state index in [1.54, 1.807) is 0 Å². The normalized spacial score (nSPS) is 20.6. The zero-order valence-corrected chi connectivity index (χ0v) is 8.14.